The average molecular weight is 404 g/mol. The Morgan fingerprint density at radius 2 is 1.71 bits per heavy atom. The number of urea groups is 1. The van der Waals surface area contributed by atoms with Crippen molar-refractivity contribution >= 4 is 29.2 Å². The number of hydrogen-bond donors (Lipinski definition) is 2. The number of nitrogens with zero attached hydrogens (tertiary/aromatic N) is 1. The Morgan fingerprint density at radius 3 is 2.25 bits per heavy atom. The summed E-state index contributed by atoms with van der Waals surface area (Å²) < 4.78 is 0. The van der Waals surface area contributed by atoms with Crippen molar-refractivity contribution in [3.8, 4) is 0 Å². The fourth-order valence-corrected chi connectivity index (χ4v) is 6.31. The first kappa shape index (κ1) is 19.6. The van der Waals surface area contributed by atoms with E-state index in [1.54, 1.807) is 14.1 Å². The van der Waals surface area contributed by atoms with E-state index in [0.717, 1.165) is 17.8 Å². The van der Waals surface area contributed by atoms with Gasteiger partial charge in [0.25, 0.3) is 0 Å². The summed E-state index contributed by atoms with van der Waals surface area (Å²) >= 11 is 6.54. The molecule has 4 bridgehead atoms. The number of benzene rings is 1. The Morgan fingerprint density at radius 1 is 1.11 bits per heavy atom. The van der Waals surface area contributed by atoms with Crippen LogP contribution in [-0.2, 0) is 10.2 Å². The highest BCUT2D eigenvalue weighted by Gasteiger charge is 2.51. The smallest absolute Gasteiger partial charge is 0.319 e. The van der Waals surface area contributed by atoms with Gasteiger partial charge in [0.2, 0.25) is 5.91 Å². The van der Waals surface area contributed by atoms with Crippen LogP contribution >= 0.6 is 11.6 Å². The summed E-state index contributed by atoms with van der Waals surface area (Å²) in [4.78, 5) is 25.2. The molecule has 5 rings (SSSR count). The quantitative estimate of drug-likeness (QED) is 0.765. The Bertz CT molecular complexity index is 742. The van der Waals surface area contributed by atoms with Crippen LogP contribution in [0.5, 0.6) is 0 Å². The summed E-state index contributed by atoms with van der Waals surface area (Å²) in [5, 5.41) is 6.11. The third-order valence-corrected chi connectivity index (χ3v) is 7.30. The molecule has 0 spiro atoms. The summed E-state index contributed by atoms with van der Waals surface area (Å²) in [5.41, 5.74) is 2.26. The molecule has 0 heterocycles. The van der Waals surface area contributed by atoms with Gasteiger partial charge in [-0.3, -0.25) is 4.79 Å². The van der Waals surface area contributed by atoms with Gasteiger partial charge < -0.3 is 15.5 Å². The first-order valence-electron chi connectivity index (χ1n) is 10.4. The number of hydrogen-bond acceptors (Lipinski definition) is 2. The molecule has 2 N–H and O–H groups in total. The number of anilines is 1. The van der Waals surface area contributed by atoms with Gasteiger partial charge in [-0.2, -0.15) is 0 Å². The van der Waals surface area contributed by atoms with E-state index < -0.39 is 0 Å². The number of carbonyl (C=O) groups excluding carboxylic acids is 2. The van der Waals surface area contributed by atoms with Gasteiger partial charge in [0, 0.05) is 27.1 Å². The van der Waals surface area contributed by atoms with Crippen LogP contribution in [0, 0.1) is 17.8 Å². The van der Waals surface area contributed by atoms with Crippen LogP contribution in [0.4, 0.5) is 10.5 Å². The molecule has 0 radical (unpaired) electrons. The van der Waals surface area contributed by atoms with E-state index in [2.05, 4.69) is 22.8 Å². The van der Waals surface area contributed by atoms with Crippen LogP contribution in [0.3, 0.4) is 0 Å². The Balaban J connectivity index is 1.38. The summed E-state index contributed by atoms with van der Waals surface area (Å²) in [6.07, 6.45) is 8.42. The third kappa shape index (κ3) is 3.86. The van der Waals surface area contributed by atoms with Crippen LogP contribution in [-0.4, -0.2) is 37.5 Å². The molecule has 1 aromatic carbocycles. The van der Waals surface area contributed by atoms with Crippen molar-refractivity contribution in [3.63, 3.8) is 0 Å². The lowest BCUT2D eigenvalue weighted by Crippen LogP contribution is -2.48. The molecule has 4 fully saturated rings. The second kappa shape index (κ2) is 7.58. The van der Waals surface area contributed by atoms with Gasteiger partial charge in [-0.25, -0.2) is 4.79 Å². The standard InChI is InChI=1S/C22H30ClN3O2/c1-26(2)20(27)5-6-24-21(28)25-19-4-3-17(10-18(19)23)22-11-14-7-15(12-22)9-16(8-14)13-22/h3-4,10,14-16H,5-9,11-13H2,1-2H3,(H2,24,25,28). The highest BCUT2D eigenvalue weighted by Crippen LogP contribution is 2.60. The summed E-state index contributed by atoms with van der Waals surface area (Å²) in [5.74, 6) is 2.65. The normalized spacial score (nSPS) is 30.2. The molecule has 0 unspecified atom stereocenters. The van der Waals surface area contributed by atoms with Crippen molar-refractivity contribution in [1.29, 1.82) is 0 Å². The van der Waals surface area contributed by atoms with E-state index in [9.17, 15) is 9.59 Å². The second-order valence-electron chi connectivity index (χ2n) is 9.31. The van der Waals surface area contributed by atoms with Gasteiger partial charge in [-0.15, -0.1) is 0 Å². The first-order valence-corrected chi connectivity index (χ1v) is 10.8. The van der Waals surface area contributed by atoms with Crippen LogP contribution in [0.1, 0.15) is 50.5 Å². The van der Waals surface area contributed by atoms with Gasteiger partial charge in [-0.1, -0.05) is 17.7 Å². The maximum atomic E-state index is 12.1. The van der Waals surface area contributed by atoms with Crippen molar-refractivity contribution in [1.82, 2.24) is 10.2 Å². The monoisotopic (exact) mass is 403 g/mol. The molecule has 4 aliphatic rings. The molecule has 152 valence electrons. The Labute approximate surface area is 172 Å². The molecule has 0 saturated heterocycles. The molecule has 4 saturated carbocycles. The first-order chi connectivity index (χ1) is 13.3. The molecule has 4 aliphatic carbocycles. The zero-order chi connectivity index (χ0) is 19.9. The van der Waals surface area contributed by atoms with Crippen LogP contribution in [0.25, 0.3) is 0 Å². The van der Waals surface area contributed by atoms with Gasteiger partial charge in [0.15, 0.2) is 0 Å². The molecule has 0 aromatic heterocycles. The fourth-order valence-electron chi connectivity index (χ4n) is 6.08. The van der Waals surface area contributed by atoms with Crippen LogP contribution in [0.2, 0.25) is 5.02 Å². The molecular weight excluding hydrogens is 374 g/mol. The zero-order valence-corrected chi connectivity index (χ0v) is 17.5. The summed E-state index contributed by atoms with van der Waals surface area (Å²) in [6, 6.07) is 5.82. The second-order valence-corrected chi connectivity index (χ2v) is 9.72. The molecule has 0 atom stereocenters. The SMILES string of the molecule is CN(C)C(=O)CCNC(=O)Nc1ccc(C23CC4CC(CC(C4)C2)C3)cc1Cl. The van der Waals surface area contributed by atoms with E-state index in [0.29, 0.717) is 22.7 Å². The lowest BCUT2D eigenvalue weighted by molar-refractivity contribution is -0.128. The highest BCUT2D eigenvalue weighted by atomic mass is 35.5. The van der Waals surface area contributed by atoms with E-state index in [1.165, 1.54) is 49.0 Å². The maximum absolute atomic E-state index is 12.1. The number of carbonyl (C=O) groups is 2. The number of rotatable bonds is 5. The molecule has 28 heavy (non-hydrogen) atoms. The molecule has 6 heteroatoms. The van der Waals surface area contributed by atoms with Crippen LogP contribution < -0.4 is 10.6 Å². The van der Waals surface area contributed by atoms with Crippen molar-refractivity contribution in [2.24, 2.45) is 17.8 Å². The third-order valence-electron chi connectivity index (χ3n) is 6.99. The number of halogens is 1. The summed E-state index contributed by atoms with van der Waals surface area (Å²) in [7, 11) is 3.40. The minimum Gasteiger partial charge on any atom is -0.349 e. The van der Waals surface area contributed by atoms with E-state index in [-0.39, 0.29) is 18.4 Å². The van der Waals surface area contributed by atoms with E-state index in [4.69, 9.17) is 11.6 Å². The highest BCUT2D eigenvalue weighted by molar-refractivity contribution is 6.33. The summed E-state index contributed by atoms with van der Waals surface area (Å²) in [6.45, 7) is 0.297. The van der Waals surface area contributed by atoms with Crippen molar-refractivity contribution in [3.05, 3.63) is 28.8 Å². The fraction of sp³-hybridized carbons (Fsp3) is 0.636. The predicted octanol–water partition coefficient (Wildman–Crippen LogP) is 4.41. The van der Waals surface area contributed by atoms with E-state index in [1.807, 2.05) is 6.07 Å². The largest absolute Gasteiger partial charge is 0.349 e. The van der Waals surface area contributed by atoms with Crippen LogP contribution in [0.15, 0.2) is 18.2 Å². The Kier molecular flexibility index (Phi) is 5.30. The zero-order valence-electron chi connectivity index (χ0n) is 16.8. The molecule has 1 aromatic rings. The van der Waals surface area contributed by atoms with Crippen molar-refractivity contribution < 1.29 is 9.59 Å². The van der Waals surface area contributed by atoms with Gasteiger partial charge in [0.1, 0.15) is 0 Å². The van der Waals surface area contributed by atoms with E-state index >= 15 is 0 Å². The average Bonchev–Trinajstić information content (AvgIpc) is 2.62. The lowest BCUT2D eigenvalue weighted by atomic mass is 9.48. The van der Waals surface area contributed by atoms with Crippen molar-refractivity contribution in [2.75, 3.05) is 26.0 Å². The molecule has 5 nitrogen and oxygen atoms in total. The minimum atomic E-state index is -0.337. The molecule has 0 aliphatic heterocycles. The topological polar surface area (TPSA) is 61.4 Å². The lowest BCUT2D eigenvalue weighted by Gasteiger charge is -2.57. The van der Waals surface area contributed by atoms with Gasteiger partial charge in [0.05, 0.1) is 10.7 Å². The number of nitrogens with one attached hydrogen (secondary N) is 2. The van der Waals surface area contributed by atoms with Crippen molar-refractivity contribution in [2.45, 2.75) is 50.4 Å². The van der Waals surface area contributed by atoms with Gasteiger partial charge in [-0.05, 0) is 79.4 Å². The number of amides is 3. The molecule has 3 amide bonds. The predicted molar refractivity (Wildman–Crippen MR) is 112 cm³/mol. The Hall–Kier alpha value is -1.75. The maximum Gasteiger partial charge on any atom is 0.319 e. The molecular formula is C22H30ClN3O2. The van der Waals surface area contributed by atoms with Gasteiger partial charge >= 0.3 is 6.03 Å². The minimum absolute atomic E-state index is 0.0155.